The molecule has 62 heavy (non-hydrogen) atoms. The molecule has 5 heteroatoms. The van der Waals surface area contributed by atoms with Crippen LogP contribution in [0.25, 0.3) is 117 Å². The van der Waals surface area contributed by atoms with Crippen LogP contribution >= 0.6 is 0 Å². The molecule has 0 unspecified atom stereocenters. The SMILES string of the molecule is c1ccc(-c2cccc(-n3c4ccc(-c5ccccc5)cc4c4cc(-c5nc(-c6ccccc6)nc(-c6ccc7oc8ccc(-c9ccccc9)cc8c7c6)n5)ccc43)c2)cc1. The summed E-state index contributed by atoms with van der Waals surface area (Å²) in [4.78, 5) is 15.5. The first-order chi connectivity index (χ1) is 30.7. The number of nitrogens with zero attached hydrogens (tertiary/aromatic N) is 4. The van der Waals surface area contributed by atoms with Gasteiger partial charge in [0.25, 0.3) is 0 Å². The van der Waals surface area contributed by atoms with Crippen molar-refractivity contribution in [2.75, 3.05) is 0 Å². The molecule has 0 saturated carbocycles. The second kappa shape index (κ2) is 14.7. The standard InChI is InChI=1S/C57H36N4O/c1-5-14-37(15-6-1)41-22-13-23-46(32-41)61-51-28-24-42(38-16-7-2-8-17-38)33-47(51)48-35-44(25-29-52(48)61)56-58-55(40-20-11-4-12-21-40)59-57(60-56)45-27-31-54-50(36-45)49-34-43(26-30-53(49)62-54)39-18-9-3-10-19-39/h1-36H. The lowest BCUT2D eigenvalue weighted by atomic mass is 10.0. The highest BCUT2D eigenvalue weighted by Gasteiger charge is 2.19. The fourth-order valence-electron chi connectivity index (χ4n) is 8.78. The van der Waals surface area contributed by atoms with Gasteiger partial charge in [0.05, 0.1) is 11.0 Å². The highest BCUT2D eigenvalue weighted by atomic mass is 16.3. The van der Waals surface area contributed by atoms with Gasteiger partial charge in [0, 0.05) is 43.9 Å². The first-order valence-corrected chi connectivity index (χ1v) is 20.8. The summed E-state index contributed by atoms with van der Waals surface area (Å²) >= 11 is 0. The molecule has 0 atom stereocenters. The molecule has 0 fully saturated rings. The van der Waals surface area contributed by atoms with E-state index in [1.165, 1.54) is 16.7 Å². The molecule has 0 amide bonds. The third-order valence-corrected chi connectivity index (χ3v) is 11.8. The molecule has 12 aromatic rings. The molecule has 0 saturated heterocycles. The van der Waals surface area contributed by atoms with E-state index in [0.29, 0.717) is 17.5 Å². The predicted molar refractivity (Wildman–Crippen MR) is 254 cm³/mol. The summed E-state index contributed by atoms with van der Waals surface area (Å²) in [6.07, 6.45) is 0. The van der Waals surface area contributed by atoms with E-state index in [2.05, 4.69) is 174 Å². The summed E-state index contributed by atoms with van der Waals surface area (Å²) in [6.45, 7) is 0. The van der Waals surface area contributed by atoms with Gasteiger partial charge >= 0.3 is 0 Å². The molecule has 0 aliphatic heterocycles. The van der Waals surface area contributed by atoms with Gasteiger partial charge in [-0.2, -0.15) is 0 Å². The number of furan rings is 1. The lowest BCUT2D eigenvalue weighted by molar-refractivity contribution is 0.669. The molecule has 3 aromatic heterocycles. The van der Waals surface area contributed by atoms with Crippen LogP contribution in [0.5, 0.6) is 0 Å². The van der Waals surface area contributed by atoms with Crippen LogP contribution in [0, 0.1) is 0 Å². The van der Waals surface area contributed by atoms with Gasteiger partial charge in [-0.3, -0.25) is 0 Å². The van der Waals surface area contributed by atoms with Crippen molar-refractivity contribution in [2.45, 2.75) is 0 Å². The smallest absolute Gasteiger partial charge is 0.164 e. The van der Waals surface area contributed by atoms with E-state index >= 15 is 0 Å². The lowest BCUT2D eigenvalue weighted by Crippen LogP contribution is -2.00. The van der Waals surface area contributed by atoms with E-state index in [9.17, 15) is 0 Å². The average molecular weight is 793 g/mol. The van der Waals surface area contributed by atoms with E-state index in [1.807, 2.05) is 48.5 Å². The number of aromatic nitrogens is 4. The topological polar surface area (TPSA) is 56.7 Å². The van der Waals surface area contributed by atoms with Crippen molar-refractivity contribution in [1.29, 1.82) is 0 Å². The maximum absolute atomic E-state index is 6.34. The summed E-state index contributed by atoms with van der Waals surface area (Å²) in [6, 6.07) is 76.5. The van der Waals surface area contributed by atoms with E-state index in [1.54, 1.807) is 0 Å². The normalized spacial score (nSPS) is 11.5. The molecule has 0 aliphatic rings. The third kappa shape index (κ3) is 6.23. The molecule has 12 rings (SSSR count). The number of hydrogen-bond acceptors (Lipinski definition) is 4. The van der Waals surface area contributed by atoms with Crippen molar-refractivity contribution in [2.24, 2.45) is 0 Å². The first kappa shape index (κ1) is 35.5. The molecule has 290 valence electrons. The number of benzene rings is 9. The highest BCUT2D eigenvalue weighted by molar-refractivity contribution is 6.12. The molecule has 0 N–H and O–H groups in total. The quantitative estimate of drug-likeness (QED) is 0.161. The first-order valence-electron chi connectivity index (χ1n) is 20.8. The Morgan fingerprint density at radius 2 is 0.645 bits per heavy atom. The summed E-state index contributed by atoms with van der Waals surface area (Å²) in [5, 5.41) is 4.33. The minimum Gasteiger partial charge on any atom is -0.456 e. The van der Waals surface area contributed by atoms with Gasteiger partial charge in [0.15, 0.2) is 17.5 Å². The molecule has 3 heterocycles. The van der Waals surface area contributed by atoms with Crippen LogP contribution in [-0.2, 0) is 0 Å². The summed E-state index contributed by atoms with van der Waals surface area (Å²) in [7, 11) is 0. The predicted octanol–water partition coefficient (Wildman–Crippen LogP) is 14.9. The van der Waals surface area contributed by atoms with Crippen molar-refractivity contribution < 1.29 is 4.42 Å². The second-order valence-electron chi connectivity index (χ2n) is 15.6. The lowest BCUT2D eigenvalue weighted by Gasteiger charge is -2.11. The average Bonchev–Trinajstić information content (AvgIpc) is 3.89. The maximum atomic E-state index is 6.34. The largest absolute Gasteiger partial charge is 0.456 e. The van der Waals surface area contributed by atoms with Crippen LogP contribution in [0.1, 0.15) is 0 Å². The molecular formula is C57H36N4O. The van der Waals surface area contributed by atoms with E-state index in [0.717, 1.165) is 82.8 Å². The van der Waals surface area contributed by atoms with Crippen LogP contribution in [0.4, 0.5) is 0 Å². The fraction of sp³-hybridized carbons (Fsp3) is 0. The van der Waals surface area contributed by atoms with Gasteiger partial charge in [0.2, 0.25) is 0 Å². The molecule has 0 bridgehead atoms. The molecule has 0 radical (unpaired) electrons. The van der Waals surface area contributed by atoms with Gasteiger partial charge < -0.3 is 8.98 Å². The van der Waals surface area contributed by atoms with Crippen molar-refractivity contribution in [3.8, 4) is 73.2 Å². The Kier molecular flexibility index (Phi) is 8.42. The van der Waals surface area contributed by atoms with Crippen LogP contribution in [0.3, 0.4) is 0 Å². The summed E-state index contributed by atoms with van der Waals surface area (Å²) in [5.41, 5.74) is 14.7. The van der Waals surface area contributed by atoms with Gasteiger partial charge in [0.1, 0.15) is 11.2 Å². The maximum Gasteiger partial charge on any atom is 0.164 e. The van der Waals surface area contributed by atoms with Crippen LogP contribution in [0.2, 0.25) is 0 Å². The Morgan fingerprint density at radius 1 is 0.274 bits per heavy atom. The number of rotatable bonds is 7. The second-order valence-corrected chi connectivity index (χ2v) is 15.6. The Bertz CT molecular complexity index is 3610. The number of fused-ring (bicyclic) bond motifs is 6. The van der Waals surface area contributed by atoms with Gasteiger partial charge in [-0.1, -0.05) is 146 Å². The van der Waals surface area contributed by atoms with Gasteiger partial charge in [-0.25, -0.2) is 15.0 Å². The van der Waals surface area contributed by atoms with Crippen LogP contribution in [0.15, 0.2) is 223 Å². The fourth-order valence-corrected chi connectivity index (χ4v) is 8.78. The Morgan fingerprint density at radius 3 is 1.18 bits per heavy atom. The Hall–Kier alpha value is -8.41. The third-order valence-electron chi connectivity index (χ3n) is 11.8. The van der Waals surface area contributed by atoms with Gasteiger partial charge in [-0.05, 0) is 106 Å². The van der Waals surface area contributed by atoms with Crippen LogP contribution < -0.4 is 0 Å². The number of hydrogen-bond donors (Lipinski definition) is 0. The van der Waals surface area contributed by atoms with E-state index in [-0.39, 0.29) is 0 Å². The van der Waals surface area contributed by atoms with E-state index in [4.69, 9.17) is 19.4 Å². The monoisotopic (exact) mass is 792 g/mol. The van der Waals surface area contributed by atoms with Crippen molar-refractivity contribution in [3.05, 3.63) is 218 Å². The molecule has 0 aliphatic carbocycles. The zero-order valence-electron chi connectivity index (χ0n) is 33.5. The van der Waals surface area contributed by atoms with Crippen molar-refractivity contribution in [1.82, 2.24) is 19.5 Å². The molecule has 5 nitrogen and oxygen atoms in total. The minimum absolute atomic E-state index is 0.593. The minimum atomic E-state index is 0.593. The Labute approximate surface area is 357 Å². The Balaban J connectivity index is 1.04. The van der Waals surface area contributed by atoms with E-state index < -0.39 is 0 Å². The zero-order valence-corrected chi connectivity index (χ0v) is 33.5. The van der Waals surface area contributed by atoms with Gasteiger partial charge in [-0.15, -0.1) is 0 Å². The molecular weight excluding hydrogens is 757 g/mol. The molecule has 9 aromatic carbocycles. The van der Waals surface area contributed by atoms with Crippen LogP contribution in [-0.4, -0.2) is 19.5 Å². The molecule has 0 spiro atoms. The summed E-state index contributed by atoms with van der Waals surface area (Å²) in [5.74, 6) is 1.81. The highest BCUT2D eigenvalue weighted by Crippen LogP contribution is 2.39. The summed E-state index contributed by atoms with van der Waals surface area (Å²) < 4.78 is 8.71. The van der Waals surface area contributed by atoms with Crippen molar-refractivity contribution in [3.63, 3.8) is 0 Å². The van der Waals surface area contributed by atoms with Crippen molar-refractivity contribution >= 4 is 43.7 Å². The zero-order chi connectivity index (χ0) is 41.0.